The maximum atomic E-state index is 11.0. The standard InChI is InChI=1S/C16H23BrN2O2/c1-2-14(12-7-4-3-5-8-12)18-11-13-9-6-10-15(16(13)17)19(20)21/h6,9-10,12,14,18H,2-5,7-8,11H2,1H3. The number of hydrogen-bond donors (Lipinski definition) is 1. The van der Waals surface area contributed by atoms with Crippen molar-refractivity contribution in [3.8, 4) is 0 Å². The molecular formula is C16H23BrN2O2. The van der Waals surface area contributed by atoms with Gasteiger partial charge >= 0.3 is 0 Å². The third-order valence-corrected chi connectivity index (χ3v) is 5.38. The highest BCUT2D eigenvalue weighted by molar-refractivity contribution is 9.10. The quantitative estimate of drug-likeness (QED) is 0.589. The Morgan fingerprint density at radius 3 is 2.71 bits per heavy atom. The van der Waals surface area contributed by atoms with Gasteiger partial charge in [0.2, 0.25) is 0 Å². The molecule has 0 spiro atoms. The third-order valence-electron chi connectivity index (χ3n) is 4.47. The van der Waals surface area contributed by atoms with E-state index < -0.39 is 0 Å². The maximum absolute atomic E-state index is 11.0. The van der Waals surface area contributed by atoms with E-state index in [1.165, 1.54) is 38.2 Å². The van der Waals surface area contributed by atoms with Crippen molar-refractivity contribution in [3.05, 3.63) is 38.3 Å². The van der Waals surface area contributed by atoms with Crippen molar-refractivity contribution in [1.29, 1.82) is 0 Å². The van der Waals surface area contributed by atoms with E-state index in [9.17, 15) is 10.1 Å². The first-order valence-corrected chi connectivity index (χ1v) is 8.58. The van der Waals surface area contributed by atoms with E-state index in [0.717, 1.165) is 17.9 Å². The van der Waals surface area contributed by atoms with Crippen molar-refractivity contribution < 1.29 is 4.92 Å². The van der Waals surface area contributed by atoms with Crippen LogP contribution in [0, 0.1) is 16.0 Å². The van der Waals surface area contributed by atoms with Crippen molar-refractivity contribution in [2.45, 2.75) is 58.0 Å². The summed E-state index contributed by atoms with van der Waals surface area (Å²) in [5.74, 6) is 0.751. The Labute approximate surface area is 134 Å². The molecule has 116 valence electrons. The van der Waals surface area contributed by atoms with E-state index in [1.54, 1.807) is 6.07 Å². The molecule has 4 nitrogen and oxygen atoms in total. The lowest BCUT2D eigenvalue weighted by molar-refractivity contribution is -0.385. The summed E-state index contributed by atoms with van der Waals surface area (Å²) >= 11 is 3.37. The molecule has 0 saturated heterocycles. The molecule has 1 saturated carbocycles. The van der Waals surface area contributed by atoms with E-state index in [-0.39, 0.29) is 10.6 Å². The van der Waals surface area contributed by atoms with Crippen LogP contribution >= 0.6 is 15.9 Å². The predicted octanol–water partition coefficient (Wildman–Crippen LogP) is 4.81. The Morgan fingerprint density at radius 1 is 1.38 bits per heavy atom. The predicted molar refractivity (Wildman–Crippen MR) is 88.3 cm³/mol. The second kappa shape index (κ2) is 7.90. The SMILES string of the molecule is CCC(NCc1cccc([N+](=O)[O-])c1Br)C1CCCCC1. The molecule has 5 heteroatoms. The van der Waals surface area contributed by atoms with Gasteiger partial charge in [0.1, 0.15) is 0 Å². The first kappa shape index (κ1) is 16.4. The van der Waals surface area contributed by atoms with Crippen LogP contribution in [0.1, 0.15) is 51.0 Å². The van der Waals surface area contributed by atoms with E-state index >= 15 is 0 Å². The van der Waals surface area contributed by atoms with Crippen molar-refractivity contribution >= 4 is 21.6 Å². The number of nitrogens with one attached hydrogen (secondary N) is 1. The average molecular weight is 355 g/mol. The van der Waals surface area contributed by atoms with Gasteiger partial charge < -0.3 is 5.32 Å². The van der Waals surface area contributed by atoms with E-state index in [4.69, 9.17) is 0 Å². The topological polar surface area (TPSA) is 55.2 Å². The van der Waals surface area contributed by atoms with Crippen LogP contribution in [0.4, 0.5) is 5.69 Å². The average Bonchev–Trinajstić information content (AvgIpc) is 2.50. The van der Waals surface area contributed by atoms with Gasteiger partial charge in [-0.2, -0.15) is 0 Å². The molecule has 0 heterocycles. The molecule has 1 aromatic rings. The molecule has 0 radical (unpaired) electrons. The van der Waals surface area contributed by atoms with Crippen LogP contribution in [0.5, 0.6) is 0 Å². The number of rotatable bonds is 6. The second-order valence-corrected chi connectivity index (χ2v) is 6.59. The summed E-state index contributed by atoms with van der Waals surface area (Å²) < 4.78 is 0.598. The summed E-state index contributed by atoms with van der Waals surface area (Å²) in [5, 5.41) is 14.6. The summed E-state index contributed by atoms with van der Waals surface area (Å²) in [4.78, 5) is 10.6. The van der Waals surface area contributed by atoms with Crippen LogP contribution < -0.4 is 5.32 Å². The molecule has 1 aromatic carbocycles. The van der Waals surface area contributed by atoms with Crippen molar-refractivity contribution in [1.82, 2.24) is 5.32 Å². The largest absolute Gasteiger partial charge is 0.310 e. The number of nitrogens with zero attached hydrogens (tertiary/aromatic N) is 1. The van der Waals surface area contributed by atoms with E-state index in [1.807, 2.05) is 6.07 Å². The number of nitro groups is 1. The molecular weight excluding hydrogens is 332 g/mol. The van der Waals surface area contributed by atoms with Gasteiger partial charge in [-0.25, -0.2) is 0 Å². The molecule has 0 amide bonds. The van der Waals surface area contributed by atoms with Gasteiger partial charge in [0.25, 0.3) is 5.69 Å². The van der Waals surface area contributed by atoms with Gasteiger partial charge in [0.05, 0.1) is 9.40 Å². The Hall–Kier alpha value is -0.940. The zero-order valence-electron chi connectivity index (χ0n) is 12.5. The highest BCUT2D eigenvalue weighted by Gasteiger charge is 2.22. The van der Waals surface area contributed by atoms with Gasteiger partial charge in [-0.05, 0) is 46.7 Å². The van der Waals surface area contributed by atoms with Gasteiger partial charge in [0, 0.05) is 18.7 Å². The smallest absolute Gasteiger partial charge is 0.283 e. The van der Waals surface area contributed by atoms with Crippen molar-refractivity contribution in [2.75, 3.05) is 0 Å². The van der Waals surface area contributed by atoms with E-state index in [2.05, 4.69) is 28.2 Å². The number of nitro benzene ring substituents is 1. The Morgan fingerprint density at radius 2 is 2.10 bits per heavy atom. The third kappa shape index (κ3) is 4.27. The van der Waals surface area contributed by atoms with Crippen molar-refractivity contribution in [3.63, 3.8) is 0 Å². The molecule has 0 aliphatic heterocycles. The van der Waals surface area contributed by atoms with Crippen LogP contribution in [0.15, 0.2) is 22.7 Å². The lowest BCUT2D eigenvalue weighted by atomic mass is 9.83. The molecule has 1 atom stereocenters. The Bertz CT molecular complexity index is 487. The Balaban J connectivity index is 2.01. The fraction of sp³-hybridized carbons (Fsp3) is 0.625. The zero-order chi connectivity index (χ0) is 15.2. The lowest BCUT2D eigenvalue weighted by Gasteiger charge is -2.30. The van der Waals surface area contributed by atoms with Crippen LogP contribution in [0.25, 0.3) is 0 Å². The minimum absolute atomic E-state index is 0.139. The lowest BCUT2D eigenvalue weighted by Crippen LogP contribution is -2.36. The normalized spacial score (nSPS) is 17.6. The monoisotopic (exact) mass is 354 g/mol. The number of hydrogen-bond acceptors (Lipinski definition) is 3. The first-order valence-electron chi connectivity index (χ1n) is 7.78. The van der Waals surface area contributed by atoms with Gasteiger partial charge in [-0.3, -0.25) is 10.1 Å². The van der Waals surface area contributed by atoms with Gasteiger partial charge in [-0.1, -0.05) is 38.3 Å². The summed E-state index contributed by atoms with van der Waals surface area (Å²) in [7, 11) is 0. The van der Waals surface area contributed by atoms with Crippen LogP contribution in [0.2, 0.25) is 0 Å². The summed E-state index contributed by atoms with van der Waals surface area (Å²) in [6.45, 7) is 2.89. The maximum Gasteiger partial charge on any atom is 0.283 e. The van der Waals surface area contributed by atoms with Crippen molar-refractivity contribution in [2.24, 2.45) is 5.92 Å². The molecule has 1 N–H and O–H groups in total. The van der Waals surface area contributed by atoms with Gasteiger partial charge in [0.15, 0.2) is 0 Å². The first-order chi connectivity index (χ1) is 10.1. The molecule has 1 unspecified atom stereocenters. The fourth-order valence-electron chi connectivity index (χ4n) is 3.27. The zero-order valence-corrected chi connectivity index (χ0v) is 14.1. The second-order valence-electron chi connectivity index (χ2n) is 5.80. The minimum atomic E-state index is -0.341. The summed E-state index contributed by atoms with van der Waals surface area (Å²) in [5.41, 5.74) is 1.10. The molecule has 0 aromatic heterocycles. The van der Waals surface area contributed by atoms with Crippen LogP contribution in [-0.2, 0) is 6.54 Å². The van der Waals surface area contributed by atoms with Crippen LogP contribution in [-0.4, -0.2) is 11.0 Å². The van der Waals surface area contributed by atoms with Crippen LogP contribution in [0.3, 0.4) is 0 Å². The molecule has 1 aliphatic carbocycles. The van der Waals surface area contributed by atoms with Gasteiger partial charge in [-0.15, -0.1) is 0 Å². The number of halogens is 1. The molecule has 1 fully saturated rings. The number of benzene rings is 1. The minimum Gasteiger partial charge on any atom is -0.310 e. The molecule has 1 aliphatic rings. The molecule has 2 rings (SSSR count). The fourth-order valence-corrected chi connectivity index (χ4v) is 3.81. The molecule has 0 bridgehead atoms. The molecule has 21 heavy (non-hydrogen) atoms. The highest BCUT2D eigenvalue weighted by Crippen LogP contribution is 2.30. The summed E-state index contributed by atoms with van der Waals surface area (Å²) in [6.07, 6.45) is 7.76. The Kier molecular flexibility index (Phi) is 6.18. The summed E-state index contributed by atoms with van der Waals surface area (Å²) in [6, 6.07) is 5.74. The van der Waals surface area contributed by atoms with E-state index in [0.29, 0.717) is 17.1 Å². The highest BCUT2D eigenvalue weighted by atomic mass is 79.9.